The first-order chi connectivity index (χ1) is 24.3. The summed E-state index contributed by atoms with van der Waals surface area (Å²) in [4.78, 5) is 37.3. The zero-order valence-corrected chi connectivity index (χ0v) is 32.9. The van der Waals surface area contributed by atoms with Crippen LogP contribution in [0, 0.1) is 35.5 Å². The molecule has 0 aromatic heterocycles. The fourth-order valence-corrected chi connectivity index (χ4v) is 7.30. The van der Waals surface area contributed by atoms with Gasteiger partial charge in [-0.15, -0.1) is 0 Å². The predicted octanol–water partition coefficient (Wildman–Crippen LogP) is 5.54. The van der Waals surface area contributed by atoms with E-state index in [2.05, 4.69) is 0 Å². The molecule has 0 bridgehead atoms. The van der Waals surface area contributed by atoms with Crippen molar-refractivity contribution in [1.82, 2.24) is 0 Å². The van der Waals surface area contributed by atoms with Gasteiger partial charge in [-0.05, 0) is 38.2 Å². The third-order valence-electron chi connectivity index (χ3n) is 10.4. The van der Waals surface area contributed by atoms with Crippen LogP contribution in [-0.4, -0.2) is 97.0 Å². The number of ether oxygens (including phenoxy) is 6. The molecule has 12 atom stereocenters. The number of aliphatic carboxylic acids is 1. The maximum Gasteiger partial charge on any atom is 0.373 e. The standard InChI is InChI=1S/C40H62O12/c1-22(2)37-27(7)32(50-34(43)17-16-33(41)42)21-40(49-12,52-37)29(9)36(45)28(8)38-30(47-10)15-13-14-23(3)18-25(5)35(44)26(6)19-24(4)20-31(48-11)39(46)51-38/h13-17,19-20,22,25-30,32,35-38,44-45H,18,21H2,1-12H3,(H,41,42)/b15-13+,17-16+,23-14+,24-19-,31-20-/t25-,26+,27+,28+,29-,30+,32-,35-,36-,37-,38+,40-/m0/s1. The Morgan fingerprint density at radius 3 is 2.25 bits per heavy atom. The van der Waals surface area contributed by atoms with Crippen LogP contribution in [0.2, 0.25) is 0 Å². The van der Waals surface area contributed by atoms with Crippen LogP contribution in [0.15, 0.2) is 59.4 Å². The minimum absolute atomic E-state index is 0.0345. The van der Waals surface area contributed by atoms with E-state index in [1.54, 1.807) is 26.0 Å². The van der Waals surface area contributed by atoms with Gasteiger partial charge in [0.05, 0.1) is 25.4 Å². The van der Waals surface area contributed by atoms with E-state index >= 15 is 0 Å². The minimum Gasteiger partial charge on any atom is -0.490 e. The van der Waals surface area contributed by atoms with Crippen molar-refractivity contribution in [3.05, 3.63) is 59.4 Å². The number of allylic oxidation sites excluding steroid dienone is 5. The number of carbonyl (C=O) groups excluding carboxylic acids is 2. The summed E-state index contributed by atoms with van der Waals surface area (Å²) < 4.78 is 35.9. The second kappa shape index (κ2) is 20.2. The molecule has 12 nitrogen and oxygen atoms in total. The van der Waals surface area contributed by atoms with Gasteiger partial charge in [-0.1, -0.05) is 83.9 Å². The number of cyclic esters (lactones) is 1. The van der Waals surface area contributed by atoms with Crippen LogP contribution in [0.5, 0.6) is 0 Å². The lowest BCUT2D eigenvalue weighted by Crippen LogP contribution is -2.60. The molecule has 12 heteroatoms. The Hall–Kier alpha value is -3.29. The molecule has 1 saturated heterocycles. The average Bonchev–Trinajstić information content (AvgIpc) is 3.09. The van der Waals surface area contributed by atoms with Gasteiger partial charge >= 0.3 is 17.9 Å². The molecule has 2 rings (SSSR count). The smallest absolute Gasteiger partial charge is 0.373 e. The van der Waals surface area contributed by atoms with E-state index in [9.17, 15) is 24.6 Å². The monoisotopic (exact) mass is 734 g/mol. The number of rotatable bonds is 11. The first-order valence-electron chi connectivity index (χ1n) is 18.0. The number of hydrogen-bond acceptors (Lipinski definition) is 11. The lowest BCUT2D eigenvalue weighted by atomic mass is 9.76. The number of carboxylic acid groups (broad SMARTS) is 1. The molecule has 52 heavy (non-hydrogen) atoms. The third-order valence-corrected chi connectivity index (χ3v) is 10.4. The van der Waals surface area contributed by atoms with Crippen LogP contribution >= 0.6 is 0 Å². The number of esters is 2. The summed E-state index contributed by atoms with van der Waals surface area (Å²) in [5.74, 6) is -6.48. The van der Waals surface area contributed by atoms with Gasteiger partial charge in [0.25, 0.3) is 0 Å². The number of carbonyl (C=O) groups is 3. The highest BCUT2D eigenvalue weighted by Gasteiger charge is 2.54. The van der Waals surface area contributed by atoms with Crippen LogP contribution in [-0.2, 0) is 42.8 Å². The number of carboxylic acids is 1. The Bertz CT molecular complexity index is 1360. The first kappa shape index (κ1) is 44.9. The molecule has 0 aromatic rings. The molecule has 0 spiro atoms. The Kier molecular flexibility index (Phi) is 17.5. The van der Waals surface area contributed by atoms with E-state index in [1.165, 1.54) is 21.3 Å². The topological polar surface area (TPSA) is 167 Å². The van der Waals surface area contributed by atoms with Crippen LogP contribution in [0.3, 0.4) is 0 Å². The van der Waals surface area contributed by atoms with Gasteiger partial charge in [-0.2, -0.15) is 0 Å². The van der Waals surface area contributed by atoms with E-state index in [0.717, 1.165) is 11.6 Å². The summed E-state index contributed by atoms with van der Waals surface area (Å²) in [6.07, 6.45) is 6.35. The Morgan fingerprint density at radius 1 is 1.04 bits per heavy atom. The fraction of sp³-hybridized carbons (Fsp3) is 0.675. The quantitative estimate of drug-likeness (QED) is 0.180. The van der Waals surface area contributed by atoms with E-state index < -0.39 is 72.2 Å². The lowest BCUT2D eigenvalue weighted by Gasteiger charge is -2.51. The van der Waals surface area contributed by atoms with E-state index in [0.29, 0.717) is 18.1 Å². The summed E-state index contributed by atoms with van der Waals surface area (Å²) in [5.41, 5.74) is 1.74. The van der Waals surface area contributed by atoms with E-state index in [4.69, 9.17) is 33.5 Å². The fourth-order valence-electron chi connectivity index (χ4n) is 7.30. The molecule has 2 aliphatic rings. The molecule has 0 amide bonds. The summed E-state index contributed by atoms with van der Waals surface area (Å²) in [6.45, 7) is 17.0. The Labute approximate surface area is 309 Å². The van der Waals surface area contributed by atoms with Crippen LogP contribution < -0.4 is 0 Å². The van der Waals surface area contributed by atoms with Crippen molar-refractivity contribution in [2.75, 3.05) is 21.3 Å². The SMILES string of the molecule is CO/C1=C\C(C)=C/[C@@H](C)[C@@H](O)[C@@H](C)C/C(C)=C/C=C/[C@@H](OC)[C@@H]([C@H](C)[C@H](O)[C@H](C)[C@]2(OC)C[C@H](OC(=O)/C=C/C(=O)O)[C@@H](C)[C@H](C(C)C)O2)OC1=O. The van der Waals surface area contributed by atoms with E-state index in [1.807, 2.05) is 66.7 Å². The molecule has 0 aromatic carbocycles. The lowest BCUT2D eigenvalue weighted by molar-refractivity contribution is -0.339. The second-order valence-corrected chi connectivity index (χ2v) is 14.8. The molecule has 2 heterocycles. The van der Waals surface area contributed by atoms with Gasteiger partial charge in [-0.25, -0.2) is 14.4 Å². The maximum absolute atomic E-state index is 13.7. The highest BCUT2D eigenvalue weighted by Crippen LogP contribution is 2.44. The minimum atomic E-state index is -1.45. The predicted molar refractivity (Wildman–Crippen MR) is 196 cm³/mol. The van der Waals surface area contributed by atoms with Gasteiger partial charge < -0.3 is 43.7 Å². The van der Waals surface area contributed by atoms with Gasteiger partial charge in [-0.3, -0.25) is 0 Å². The molecule has 294 valence electrons. The normalized spacial score (nSPS) is 36.6. The number of methoxy groups -OCH3 is 3. The summed E-state index contributed by atoms with van der Waals surface area (Å²) in [5, 5.41) is 32.1. The zero-order valence-electron chi connectivity index (χ0n) is 32.9. The van der Waals surface area contributed by atoms with Crippen molar-refractivity contribution in [3.63, 3.8) is 0 Å². The Balaban J connectivity index is 2.59. The van der Waals surface area contributed by atoms with Gasteiger partial charge in [0, 0.05) is 56.5 Å². The van der Waals surface area contributed by atoms with Crippen molar-refractivity contribution in [3.8, 4) is 0 Å². The zero-order chi connectivity index (χ0) is 39.5. The molecule has 0 radical (unpaired) electrons. The third kappa shape index (κ3) is 11.9. The molecular weight excluding hydrogens is 672 g/mol. The molecule has 2 aliphatic heterocycles. The van der Waals surface area contributed by atoms with Crippen molar-refractivity contribution in [1.29, 1.82) is 0 Å². The van der Waals surface area contributed by atoms with Gasteiger partial charge in [0.2, 0.25) is 5.76 Å². The van der Waals surface area contributed by atoms with Crippen molar-refractivity contribution < 1.29 is 58.1 Å². The first-order valence-corrected chi connectivity index (χ1v) is 18.0. The average molecular weight is 735 g/mol. The highest BCUT2D eigenvalue weighted by molar-refractivity contribution is 5.90. The second-order valence-electron chi connectivity index (χ2n) is 14.8. The van der Waals surface area contributed by atoms with E-state index in [-0.39, 0.29) is 35.9 Å². The van der Waals surface area contributed by atoms with Crippen molar-refractivity contribution >= 4 is 17.9 Å². The maximum atomic E-state index is 13.7. The number of aliphatic hydroxyl groups excluding tert-OH is 2. The van der Waals surface area contributed by atoms with Crippen LogP contribution in [0.4, 0.5) is 0 Å². The molecular formula is C40H62O12. The molecule has 1 fully saturated rings. The van der Waals surface area contributed by atoms with Gasteiger partial charge in [0.1, 0.15) is 18.3 Å². The highest BCUT2D eigenvalue weighted by atomic mass is 16.7. The number of aliphatic hydroxyl groups is 2. The molecule has 3 N–H and O–H groups in total. The van der Waals surface area contributed by atoms with Crippen LogP contribution in [0.1, 0.15) is 75.2 Å². The Morgan fingerprint density at radius 2 is 1.69 bits per heavy atom. The number of hydrogen-bond donors (Lipinski definition) is 3. The molecule has 0 aliphatic carbocycles. The summed E-state index contributed by atoms with van der Waals surface area (Å²) in [7, 11) is 4.31. The van der Waals surface area contributed by atoms with Gasteiger partial charge in [0.15, 0.2) is 5.79 Å². The van der Waals surface area contributed by atoms with Crippen molar-refractivity contribution in [2.45, 2.75) is 118 Å². The summed E-state index contributed by atoms with van der Waals surface area (Å²) >= 11 is 0. The van der Waals surface area contributed by atoms with Crippen molar-refractivity contribution in [2.24, 2.45) is 35.5 Å². The summed E-state index contributed by atoms with van der Waals surface area (Å²) in [6, 6.07) is 0. The largest absolute Gasteiger partial charge is 0.490 e. The molecule has 0 unspecified atom stereocenters. The van der Waals surface area contributed by atoms with Crippen LogP contribution in [0.25, 0.3) is 0 Å². The molecule has 0 saturated carbocycles.